The first-order valence-electron chi connectivity index (χ1n) is 6.54. The van der Waals surface area contributed by atoms with E-state index in [4.69, 9.17) is 0 Å². The van der Waals surface area contributed by atoms with E-state index in [1.165, 1.54) is 0 Å². The zero-order valence-corrected chi connectivity index (χ0v) is 11.9. The van der Waals surface area contributed by atoms with E-state index in [1.807, 2.05) is 34.6 Å². The molecule has 1 nitrogen and oxygen atoms in total. The number of halogens is 2. The molecule has 1 fully saturated rings. The molecule has 0 amide bonds. The Hall–Kier alpha value is -0.180. The molecule has 0 N–H and O–H groups in total. The summed E-state index contributed by atoms with van der Waals surface area (Å²) in [5.41, 5.74) is 0. The molecule has 0 spiro atoms. The number of nitrogens with zero attached hydrogens (tertiary/aromatic N) is 1. The van der Waals surface area contributed by atoms with E-state index >= 15 is 0 Å². The predicted molar refractivity (Wildman–Crippen MR) is 68.1 cm³/mol. The minimum atomic E-state index is -2.15. The molecule has 0 aromatic heterocycles. The van der Waals surface area contributed by atoms with E-state index in [2.05, 4.69) is 18.7 Å². The Morgan fingerprint density at radius 3 is 1.62 bits per heavy atom. The third-order valence-electron chi connectivity index (χ3n) is 2.75. The van der Waals surface area contributed by atoms with Crippen LogP contribution in [-0.4, -0.2) is 30.5 Å². The van der Waals surface area contributed by atoms with Crippen LogP contribution < -0.4 is 0 Å². The summed E-state index contributed by atoms with van der Waals surface area (Å²) < 4.78 is 24.8. The van der Waals surface area contributed by atoms with Crippen molar-refractivity contribution < 1.29 is 8.78 Å². The van der Waals surface area contributed by atoms with Crippen molar-refractivity contribution in [1.29, 1.82) is 0 Å². The fourth-order valence-corrected chi connectivity index (χ4v) is 1.78. The summed E-state index contributed by atoms with van der Waals surface area (Å²) in [4.78, 5) is 2.13. The molecule has 3 heteroatoms. The van der Waals surface area contributed by atoms with E-state index in [0.29, 0.717) is 12.6 Å². The van der Waals surface area contributed by atoms with Crippen LogP contribution in [0.4, 0.5) is 8.78 Å². The number of hydrogen-bond acceptors (Lipinski definition) is 1. The van der Waals surface area contributed by atoms with Crippen LogP contribution in [0.25, 0.3) is 0 Å². The second kappa shape index (κ2) is 10.0. The summed E-state index contributed by atoms with van der Waals surface area (Å²) in [6.45, 7) is 15.4. The maximum Gasteiger partial charge on any atom is 0.242 e. The third kappa shape index (κ3) is 5.78. The average Bonchev–Trinajstić information content (AvgIpc) is 2.66. The first kappa shape index (κ1) is 18.2. The summed E-state index contributed by atoms with van der Waals surface area (Å²) in [5, 5.41) is 0. The summed E-state index contributed by atoms with van der Waals surface area (Å²) in [6.07, 6.45) is -2.15. The van der Waals surface area contributed by atoms with Crippen molar-refractivity contribution in [2.24, 2.45) is 11.8 Å². The van der Waals surface area contributed by atoms with Crippen molar-refractivity contribution in [2.75, 3.05) is 13.1 Å². The largest absolute Gasteiger partial charge is 0.300 e. The fraction of sp³-hybridized carbons (Fsp3) is 1.00. The van der Waals surface area contributed by atoms with Gasteiger partial charge in [0, 0.05) is 25.0 Å². The van der Waals surface area contributed by atoms with Gasteiger partial charge >= 0.3 is 0 Å². The molecule has 0 aliphatic carbocycles. The van der Waals surface area contributed by atoms with Gasteiger partial charge in [0.2, 0.25) is 6.43 Å². The molecule has 1 aliphatic rings. The van der Waals surface area contributed by atoms with Crippen molar-refractivity contribution >= 4 is 0 Å². The van der Waals surface area contributed by atoms with Gasteiger partial charge in [-0.05, 0) is 19.8 Å². The SMILES string of the molecule is CC.CC.CC1CN(C(C)C)CC1C(F)F. The fourth-order valence-electron chi connectivity index (χ4n) is 1.78. The maximum atomic E-state index is 12.4. The lowest BCUT2D eigenvalue weighted by Crippen LogP contribution is -2.29. The molecule has 0 bridgehead atoms. The summed E-state index contributed by atoms with van der Waals surface area (Å²) >= 11 is 0. The molecular formula is C13H29F2N. The molecule has 100 valence electrons. The normalized spacial score (nSPS) is 24.9. The lowest BCUT2D eigenvalue weighted by atomic mass is 9.99. The van der Waals surface area contributed by atoms with E-state index in [-0.39, 0.29) is 5.92 Å². The summed E-state index contributed by atoms with van der Waals surface area (Å²) in [6, 6.07) is 0.399. The van der Waals surface area contributed by atoms with Crippen LogP contribution in [0.15, 0.2) is 0 Å². The lowest BCUT2D eigenvalue weighted by Gasteiger charge is -2.19. The highest BCUT2D eigenvalue weighted by molar-refractivity contribution is 4.84. The van der Waals surface area contributed by atoms with Crippen LogP contribution in [0.3, 0.4) is 0 Å². The molecule has 1 aliphatic heterocycles. The number of rotatable bonds is 2. The molecule has 16 heavy (non-hydrogen) atoms. The monoisotopic (exact) mass is 237 g/mol. The van der Waals surface area contributed by atoms with Crippen LogP contribution in [0.2, 0.25) is 0 Å². The Morgan fingerprint density at radius 2 is 1.44 bits per heavy atom. The molecule has 0 radical (unpaired) electrons. The van der Waals surface area contributed by atoms with Crippen LogP contribution >= 0.6 is 0 Å². The van der Waals surface area contributed by atoms with Crippen LogP contribution in [-0.2, 0) is 0 Å². The van der Waals surface area contributed by atoms with E-state index in [9.17, 15) is 8.78 Å². The quantitative estimate of drug-likeness (QED) is 0.693. The summed E-state index contributed by atoms with van der Waals surface area (Å²) in [5.74, 6) is -0.264. The minimum absolute atomic E-state index is 0.146. The first-order valence-corrected chi connectivity index (χ1v) is 6.54. The molecule has 1 rings (SSSR count). The van der Waals surface area contributed by atoms with E-state index in [1.54, 1.807) is 0 Å². The average molecular weight is 237 g/mol. The van der Waals surface area contributed by atoms with Crippen LogP contribution in [0, 0.1) is 11.8 Å². The molecule has 0 aromatic rings. The van der Waals surface area contributed by atoms with Crippen LogP contribution in [0.1, 0.15) is 48.5 Å². The molecular weight excluding hydrogens is 208 g/mol. The molecule has 0 aromatic carbocycles. The van der Waals surface area contributed by atoms with Crippen molar-refractivity contribution in [3.8, 4) is 0 Å². The van der Waals surface area contributed by atoms with E-state index < -0.39 is 12.3 Å². The molecule has 2 unspecified atom stereocenters. The van der Waals surface area contributed by atoms with Gasteiger partial charge in [-0.3, -0.25) is 0 Å². The van der Waals surface area contributed by atoms with Gasteiger partial charge in [0.25, 0.3) is 0 Å². The van der Waals surface area contributed by atoms with E-state index in [0.717, 1.165) is 6.54 Å². The second-order valence-corrected chi connectivity index (χ2v) is 4.02. The van der Waals surface area contributed by atoms with Crippen LogP contribution in [0.5, 0.6) is 0 Å². The topological polar surface area (TPSA) is 3.24 Å². The first-order chi connectivity index (χ1) is 7.52. The zero-order chi connectivity index (χ0) is 13.3. The standard InChI is InChI=1S/C9H17F2N.2C2H6/c1-6(2)12-4-7(3)8(5-12)9(10)11;2*1-2/h6-9H,4-5H2,1-3H3;2*1-2H3. The molecule has 2 atom stereocenters. The van der Waals surface area contributed by atoms with Gasteiger partial charge in [-0.1, -0.05) is 34.6 Å². The Kier molecular flexibility index (Phi) is 11.4. The van der Waals surface area contributed by atoms with Crippen molar-refractivity contribution in [3.05, 3.63) is 0 Å². The van der Waals surface area contributed by atoms with Gasteiger partial charge in [-0.2, -0.15) is 0 Å². The lowest BCUT2D eigenvalue weighted by molar-refractivity contribution is 0.0637. The molecule has 1 saturated heterocycles. The Balaban J connectivity index is 0. The highest BCUT2D eigenvalue weighted by Crippen LogP contribution is 2.29. The van der Waals surface area contributed by atoms with Gasteiger partial charge in [0.1, 0.15) is 0 Å². The zero-order valence-electron chi connectivity index (χ0n) is 11.9. The van der Waals surface area contributed by atoms with Crippen molar-refractivity contribution in [1.82, 2.24) is 4.90 Å². The van der Waals surface area contributed by atoms with Gasteiger partial charge in [0.15, 0.2) is 0 Å². The predicted octanol–water partition coefficient (Wildman–Crippen LogP) is 4.28. The number of likely N-dealkylation sites (tertiary alicyclic amines) is 1. The molecule has 0 saturated carbocycles. The van der Waals surface area contributed by atoms with Gasteiger partial charge in [-0.15, -0.1) is 0 Å². The highest BCUT2D eigenvalue weighted by atomic mass is 19.3. The number of alkyl halides is 2. The number of hydrogen-bond donors (Lipinski definition) is 0. The Bertz CT molecular complexity index is 149. The van der Waals surface area contributed by atoms with Gasteiger partial charge in [-0.25, -0.2) is 8.78 Å². The summed E-state index contributed by atoms with van der Waals surface area (Å²) in [7, 11) is 0. The Labute approximate surface area is 100 Å². The minimum Gasteiger partial charge on any atom is -0.300 e. The van der Waals surface area contributed by atoms with Crippen molar-refractivity contribution in [2.45, 2.75) is 60.9 Å². The van der Waals surface area contributed by atoms with Crippen molar-refractivity contribution in [3.63, 3.8) is 0 Å². The molecule has 1 heterocycles. The van der Waals surface area contributed by atoms with Gasteiger partial charge in [0.05, 0.1) is 0 Å². The second-order valence-electron chi connectivity index (χ2n) is 4.02. The van der Waals surface area contributed by atoms with Gasteiger partial charge < -0.3 is 4.90 Å². The Morgan fingerprint density at radius 1 is 1.00 bits per heavy atom. The third-order valence-corrected chi connectivity index (χ3v) is 2.75. The highest BCUT2D eigenvalue weighted by Gasteiger charge is 2.36. The maximum absolute atomic E-state index is 12.4. The smallest absolute Gasteiger partial charge is 0.242 e.